The normalized spacial score (nSPS) is 12.8. The van der Waals surface area contributed by atoms with Gasteiger partial charge in [-0.3, -0.25) is 4.79 Å². The molecule has 21 heavy (non-hydrogen) atoms. The minimum absolute atomic E-state index is 0.0587. The molecule has 0 aliphatic carbocycles. The summed E-state index contributed by atoms with van der Waals surface area (Å²) in [4.78, 5) is 12.1. The van der Waals surface area contributed by atoms with Crippen molar-refractivity contribution >= 4 is 5.78 Å². The average Bonchev–Trinajstić information content (AvgIpc) is 2.53. The van der Waals surface area contributed by atoms with Crippen molar-refractivity contribution in [2.45, 2.75) is 0 Å². The number of hydrogen-bond acceptors (Lipinski definition) is 4. The fraction of sp³-hybridized carbons (Fsp3) is 0.188. The van der Waals surface area contributed by atoms with Crippen molar-refractivity contribution in [1.29, 1.82) is 0 Å². The summed E-state index contributed by atoms with van der Waals surface area (Å²) in [6.07, 6.45) is 0. The number of carbonyl (C=O) groups is 1. The van der Waals surface area contributed by atoms with Gasteiger partial charge in [0.2, 0.25) is 0 Å². The lowest BCUT2D eigenvalue weighted by Crippen LogP contribution is -2.17. The lowest BCUT2D eigenvalue weighted by molar-refractivity contribution is 0.0917. The van der Waals surface area contributed by atoms with E-state index in [2.05, 4.69) is 0 Å². The Labute approximate surface area is 121 Å². The van der Waals surface area contributed by atoms with Crippen LogP contribution in [0, 0.1) is 5.82 Å². The van der Waals surface area contributed by atoms with Gasteiger partial charge in [0.25, 0.3) is 0 Å². The molecule has 0 saturated heterocycles. The fourth-order valence-corrected chi connectivity index (χ4v) is 2.01. The predicted molar refractivity (Wildman–Crippen MR) is 73.7 cm³/mol. The van der Waals surface area contributed by atoms with Crippen LogP contribution in [0.25, 0.3) is 0 Å². The summed E-state index contributed by atoms with van der Waals surface area (Å²) in [5, 5.41) is 0. The van der Waals surface area contributed by atoms with E-state index in [9.17, 15) is 9.18 Å². The lowest BCUT2D eigenvalue weighted by atomic mass is 10.1. The molecule has 5 heteroatoms. The van der Waals surface area contributed by atoms with Crippen LogP contribution in [0.1, 0.15) is 10.4 Å². The Hall–Kier alpha value is -2.56. The molecule has 2 aromatic carbocycles. The third-order valence-electron chi connectivity index (χ3n) is 3.06. The van der Waals surface area contributed by atoms with Gasteiger partial charge in [-0.05, 0) is 30.3 Å². The molecule has 0 spiro atoms. The average molecular weight is 288 g/mol. The van der Waals surface area contributed by atoms with Crippen LogP contribution in [0.5, 0.6) is 17.2 Å². The highest BCUT2D eigenvalue weighted by molar-refractivity contribution is 5.97. The molecular weight excluding hydrogens is 275 g/mol. The summed E-state index contributed by atoms with van der Waals surface area (Å²) in [7, 11) is 0. The number of para-hydroxylation sites is 1. The largest absolute Gasteiger partial charge is 0.486 e. The summed E-state index contributed by atoms with van der Waals surface area (Å²) in [6, 6.07) is 10.9. The summed E-state index contributed by atoms with van der Waals surface area (Å²) in [5.74, 6) is 0.469. The molecular formula is C16H13FO4. The molecule has 108 valence electrons. The van der Waals surface area contributed by atoms with Crippen LogP contribution in [0.4, 0.5) is 4.39 Å². The monoisotopic (exact) mass is 288 g/mol. The Morgan fingerprint density at radius 3 is 2.67 bits per heavy atom. The Morgan fingerprint density at radius 2 is 1.86 bits per heavy atom. The smallest absolute Gasteiger partial charge is 0.200 e. The summed E-state index contributed by atoms with van der Waals surface area (Å²) >= 11 is 0. The summed E-state index contributed by atoms with van der Waals surface area (Å²) in [6.45, 7) is 0.716. The van der Waals surface area contributed by atoms with Crippen molar-refractivity contribution in [2.75, 3.05) is 19.8 Å². The SMILES string of the molecule is O=C(COc1ccccc1F)c1ccc2c(c1)OCCO2. The Balaban J connectivity index is 1.69. The first-order valence-corrected chi connectivity index (χ1v) is 6.54. The van der Waals surface area contributed by atoms with Crippen LogP contribution in [0.15, 0.2) is 42.5 Å². The van der Waals surface area contributed by atoms with Gasteiger partial charge in [0, 0.05) is 5.56 Å². The van der Waals surface area contributed by atoms with E-state index in [0.29, 0.717) is 30.3 Å². The van der Waals surface area contributed by atoms with Gasteiger partial charge in [-0.25, -0.2) is 4.39 Å². The zero-order valence-electron chi connectivity index (χ0n) is 11.2. The first-order valence-electron chi connectivity index (χ1n) is 6.54. The van der Waals surface area contributed by atoms with Crippen molar-refractivity contribution in [3.05, 3.63) is 53.8 Å². The van der Waals surface area contributed by atoms with Gasteiger partial charge >= 0.3 is 0 Å². The standard InChI is InChI=1S/C16H13FO4/c17-12-3-1-2-4-14(12)21-10-13(18)11-5-6-15-16(9-11)20-8-7-19-15/h1-6,9H,7-8,10H2. The van der Waals surface area contributed by atoms with Gasteiger partial charge in [0.1, 0.15) is 13.2 Å². The molecule has 3 rings (SSSR count). The molecule has 0 N–H and O–H groups in total. The van der Waals surface area contributed by atoms with E-state index in [1.54, 1.807) is 30.3 Å². The van der Waals surface area contributed by atoms with Crippen LogP contribution < -0.4 is 14.2 Å². The number of ketones is 1. The maximum Gasteiger partial charge on any atom is 0.200 e. The van der Waals surface area contributed by atoms with Crippen LogP contribution in [-0.2, 0) is 0 Å². The van der Waals surface area contributed by atoms with Crippen LogP contribution in [0.2, 0.25) is 0 Å². The third-order valence-corrected chi connectivity index (χ3v) is 3.06. The maximum atomic E-state index is 13.4. The van der Waals surface area contributed by atoms with Gasteiger partial charge in [0.05, 0.1) is 0 Å². The van der Waals surface area contributed by atoms with Gasteiger partial charge in [-0.1, -0.05) is 12.1 Å². The maximum absolute atomic E-state index is 13.4. The number of ether oxygens (including phenoxy) is 3. The van der Waals surface area contributed by atoms with Gasteiger partial charge < -0.3 is 14.2 Å². The van der Waals surface area contributed by atoms with E-state index >= 15 is 0 Å². The Kier molecular flexibility index (Phi) is 3.73. The van der Waals surface area contributed by atoms with E-state index in [-0.39, 0.29) is 18.1 Å². The zero-order valence-corrected chi connectivity index (χ0v) is 11.2. The fourth-order valence-electron chi connectivity index (χ4n) is 2.01. The molecule has 0 bridgehead atoms. The minimum atomic E-state index is -0.493. The number of benzene rings is 2. The van der Waals surface area contributed by atoms with Gasteiger partial charge in [-0.2, -0.15) is 0 Å². The molecule has 0 fully saturated rings. The second-order valence-electron chi connectivity index (χ2n) is 4.50. The molecule has 1 heterocycles. The quantitative estimate of drug-likeness (QED) is 0.812. The number of fused-ring (bicyclic) bond motifs is 1. The molecule has 0 aromatic heterocycles. The zero-order chi connectivity index (χ0) is 14.7. The van der Waals surface area contributed by atoms with E-state index in [4.69, 9.17) is 14.2 Å². The highest BCUT2D eigenvalue weighted by atomic mass is 19.1. The predicted octanol–water partition coefficient (Wildman–Crippen LogP) is 2.86. The highest BCUT2D eigenvalue weighted by Gasteiger charge is 2.15. The van der Waals surface area contributed by atoms with E-state index in [0.717, 1.165) is 0 Å². The lowest BCUT2D eigenvalue weighted by Gasteiger charge is -2.18. The van der Waals surface area contributed by atoms with Crippen LogP contribution in [-0.4, -0.2) is 25.6 Å². The first kappa shape index (κ1) is 13.4. The van der Waals surface area contributed by atoms with Crippen molar-refractivity contribution in [3.8, 4) is 17.2 Å². The van der Waals surface area contributed by atoms with E-state index < -0.39 is 5.82 Å². The molecule has 0 saturated carbocycles. The van der Waals surface area contributed by atoms with E-state index in [1.165, 1.54) is 12.1 Å². The van der Waals surface area contributed by atoms with Gasteiger partial charge in [0.15, 0.2) is 35.5 Å². The second-order valence-corrected chi connectivity index (χ2v) is 4.50. The van der Waals surface area contributed by atoms with Crippen molar-refractivity contribution in [3.63, 3.8) is 0 Å². The Bertz CT molecular complexity index is 669. The van der Waals surface area contributed by atoms with Crippen molar-refractivity contribution in [1.82, 2.24) is 0 Å². The number of Topliss-reactive ketones (excluding diaryl/α,β-unsaturated/α-hetero) is 1. The molecule has 0 atom stereocenters. The topological polar surface area (TPSA) is 44.8 Å². The Morgan fingerprint density at radius 1 is 1.10 bits per heavy atom. The molecule has 1 aliphatic heterocycles. The van der Waals surface area contributed by atoms with Crippen molar-refractivity contribution in [2.24, 2.45) is 0 Å². The minimum Gasteiger partial charge on any atom is -0.486 e. The summed E-state index contributed by atoms with van der Waals surface area (Å²) < 4.78 is 29.4. The number of halogens is 1. The van der Waals surface area contributed by atoms with E-state index in [1.807, 2.05) is 0 Å². The molecule has 0 amide bonds. The van der Waals surface area contributed by atoms with Crippen molar-refractivity contribution < 1.29 is 23.4 Å². The number of carbonyl (C=O) groups excluding carboxylic acids is 1. The third kappa shape index (κ3) is 2.97. The first-order chi connectivity index (χ1) is 10.2. The molecule has 0 unspecified atom stereocenters. The highest BCUT2D eigenvalue weighted by Crippen LogP contribution is 2.30. The molecule has 2 aromatic rings. The number of rotatable bonds is 4. The van der Waals surface area contributed by atoms with Crippen LogP contribution >= 0.6 is 0 Å². The summed E-state index contributed by atoms with van der Waals surface area (Å²) in [5.41, 5.74) is 0.440. The van der Waals surface area contributed by atoms with Gasteiger partial charge in [-0.15, -0.1) is 0 Å². The number of hydrogen-bond donors (Lipinski definition) is 0. The molecule has 4 nitrogen and oxygen atoms in total. The molecule has 1 aliphatic rings. The second kappa shape index (κ2) is 5.83. The van der Waals surface area contributed by atoms with Crippen LogP contribution in [0.3, 0.4) is 0 Å². The molecule has 0 radical (unpaired) electrons.